The van der Waals surface area contributed by atoms with Gasteiger partial charge in [0, 0.05) is 24.7 Å². The van der Waals surface area contributed by atoms with E-state index in [-0.39, 0.29) is 16.6 Å². The van der Waals surface area contributed by atoms with E-state index in [0.29, 0.717) is 18.7 Å². The van der Waals surface area contributed by atoms with Crippen LogP contribution >= 0.6 is 0 Å². The fourth-order valence-corrected chi connectivity index (χ4v) is 3.24. The molecule has 0 atom stereocenters. The van der Waals surface area contributed by atoms with Gasteiger partial charge in [0.25, 0.3) is 5.69 Å². The van der Waals surface area contributed by atoms with E-state index in [1.807, 2.05) is 25.2 Å². The Morgan fingerprint density at radius 3 is 2.56 bits per heavy atom. The molecule has 0 spiro atoms. The minimum atomic E-state index is -0.346. The van der Waals surface area contributed by atoms with Crippen LogP contribution < -0.4 is 0 Å². The zero-order valence-electron chi connectivity index (χ0n) is 14.3. The van der Waals surface area contributed by atoms with E-state index in [0.717, 1.165) is 35.2 Å². The second-order valence-corrected chi connectivity index (χ2v) is 6.13. The molecule has 0 radical (unpaired) electrons. The number of carbonyl (C=O) groups is 1. The first-order valence-corrected chi connectivity index (χ1v) is 8.26. The van der Waals surface area contributed by atoms with Gasteiger partial charge in [-0.3, -0.25) is 10.1 Å². The lowest BCUT2D eigenvalue weighted by atomic mass is 9.89. The van der Waals surface area contributed by atoms with Gasteiger partial charge in [-0.2, -0.15) is 0 Å². The molecule has 2 aromatic carbocycles. The van der Waals surface area contributed by atoms with Gasteiger partial charge in [0.1, 0.15) is 0 Å². The van der Waals surface area contributed by atoms with E-state index < -0.39 is 0 Å². The second-order valence-electron chi connectivity index (χ2n) is 6.13. The number of ether oxygens (including phenoxy) is 1. The summed E-state index contributed by atoms with van der Waals surface area (Å²) in [5.41, 5.74) is 4.42. The number of fused-ring (bicyclic) bond motifs is 1. The van der Waals surface area contributed by atoms with E-state index in [9.17, 15) is 14.9 Å². The number of hydrogen-bond donors (Lipinski definition) is 0. The third-order valence-corrected chi connectivity index (χ3v) is 4.48. The normalized spacial score (nSPS) is 14.0. The molecule has 0 fully saturated rings. The molecule has 130 valence electrons. The van der Waals surface area contributed by atoms with Crippen molar-refractivity contribution in [2.45, 2.75) is 19.9 Å². The van der Waals surface area contributed by atoms with Gasteiger partial charge in [-0.25, -0.2) is 4.79 Å². The minimum absolute atomic E-state index is 0.174. The molecular weight excluding hydrogens is 320 g/mol. The predicted molar refractivity (Wildman–Crippen MR) is 94.5 cm³/mol. The lowest BCUT2D eigenvalue weighted by Crippen LogP contribution is -2.27. The van der Waals surface area contributed by atoms with E-state index in [1.165, 1.54) is 0 Å². The molecule has 0 N–H and O–H groups in total. The van der Waals surface area contributed by atoms with E-state index in [4.69, 9.17) is 4.74 Å². The third kappa shape index (κ3) is 3.39. The zero-order valence-corrected chi connectivity index (χ0v) is 14.3. The number of nitro benzene ring substituents is 1. The van der Waals surface area contributed by atoms with Gasteiger partial charge in [-0.05, 0) is 55.3 Å². The lowest BCUT2D eigenvalue weighted by Gasteiger charge is -2.26. The second kappa shape index (κ2) is 7.03. The maximum Gasteiger partial charge on any atom is 0.338 e. The summed E-state index contributed by atoms with van der Waals surface area (Å²) in [6, 6.07) is 10.6. The first kappa shape index (κ1) is 17.1. The third-order valence-electron chi connectivity index (χ3n) is 4.48. The SMILES string of the molecule is CCOC(=O)c1ccc(-c2ccc([N+](=O)[O-])c3c2CCN(C)C3)cc1. The molecular formula is C19H20N2O4. The number of nitrogens with zero attached hydrogens (tertiary/aromatic N) is 2. The molecule has 0 saturated heterocycles. The van der Waals surface area contributed by atoms with Crippen LogP contribution in [0.2, 0.25) is 0 Å². The molecule has 3 rings (SSSR count). The molecule has 0 unspecified atom stereocenters. The molecule has 0 aliphatic carbocycles. The molecule has 1 heterocycles. The number of carbonyl (C=O) groups excluding carboxylic acids is 1. The summed E-state index contributed by atoms with van der Waals surface area (Å²) >= 11 is 0. The van der Waals surface area contributed by atoms with Crippen molar-refractivity contribution in [3.05, 3.63) is 63.2 Å². The van der Waals surface area contributed by atoms with Crippen molar-refractivity contribution in [2.75, 3.05) is 20.2 Å². The summed E-state index contributed by atoms with van der Waals surface area (Å²) < 4.78 is 5.00. The van der Waals surface area contributed by atoms with Crippen molar-refractivity contribution in [1.29, 1.82) is 0 Å². The van der Waals surface area contributed by atoms with Crippen LogP contribution in [0.5, 0.6) is 0 Å². The zero-order chi connectivity index (χ0) is 18.0. The average molecular weight is 340 g/mol. The first-order valence-electron chi connectivity index (χ1n) is 8.26. The van der Waals surface area contributed by atoms with Gasteiger partial charge in [0.15, 0.2) is 0 Å². The van der Waals surface area contributed by atoms with Gasteiger partial charge in [-0.15, -0.1) is 0 Å². The molecule has 0 saturated carbocycles. The van der Waals surface area contributed by atoms with Crippen LogP contribution in [0, 0.1) is 10.1 Å². The van der Waals surface area contributed by atoms with Crippen molar-refractivity contribution >= 4 is 11.7 Å². The standard InChI is InChI=1S/C19H20N2O4/c1-3-25-19(22)14-6-4-13(5-7-14)15-8-9-18(21(23)24)17-12-20(2)11-10-16(15)17/h4-9H,3,10-12H2,1-2H3. The van der Waals surface area contributed by atoms with Crippen LogP contribution in [0.25, 0.3) is 11.1 Å². The largest absolute Gasteiger partial charge is 0.462 e. The van der Waals surface area contributed by atoms with Crippen LogP contribution in [0.1, 0.15) is 28.4 Å². The van der Waals surface area contributed by atoms with Crippen LogP contribution in [0.3, 0.4) is 0 Å². The molecule has 25 heavy (non-hydrogen) atoms. The van der Waals surface area contributed by atoms with Crippen LogP contribution in [-0.2, 0) is 17.7 Å². The maximum atomic E-state index is 11.8. The highest BCUT2D eigenvalue weighted by molar-refractivity contribution is 5.90. The summed E-state index contributed by atoms with van der Waals surface area (Å²) in [5, 5.41) is 11.3. The van der Waals surface area contributed by atoms with Gasteiger partial charge >= 0.3 is 5.97 Å². The number of esters is 1. The first-order chi connectivity index (χ1) is 12.0. The summed E-state index contributed by atoms with van der Waals surface area (Å²) in [5.74, 6) is -0.346. The Balaban J connectivity index is 2.02. The number of hydrogen-bond acceptors (Lipinski definition) is 5. The summed E-state index contributed by atoms with van der Waals surface area (Å²) in [7, 11) is 1.97. The Labute approximate surface area is 146 Å². The van der Waals surface area contributed by atoms with E-state index in [2.05, 4.69) is 4.90 Å². The Hall–Kier alpha value is -2.73. The Kier molecular flexibility index (Phi) is 4.81. The Morgan fingerprint density at radius 1 is 1.20 bits per heavy atom. The van der Waals surface area contributed by atoms with Crippen molar-refractivity contribution in [2.24, 2.45) is 0 Å². The molecule has 0 bridgehead atoms. The highest BCUT2D eigenvalue weighted by Crippen LogP contribution is 2.35. The molecule has 1 aliphatic rings. The fourth-order valence-electron chi connectivity index (χ4n) is 3.24. The lowest BCUT2D eigenvalue weighted by molar-refractivity contribution is -0.385. The van der Waals surface area contributed by atoms with Crippen LogP contribution in [0.15, 0.2) is 36.4 Å². The Bertz CT molecular complexity index is 815. The van der Waals surface area contributed by atoms with E-state index >= 15 is 0 Å². The topological polar surface area (TPSA) is 72.7 Å². The van der Waals surface area contributed by atoms with Crippen molar-refractivity contribution in [1.82, 2.24) is 4.90 Å². The van der Waals surface area contributed by atoms with Crippen molar-refractivity contribution in [3.63, 3.8) is 0 Å². The predicted octanol–water partition coefficient (Wildman–Crippen LogP) is 3.43. The summed E-state index contributed by atoms with van der Waals surface area (Å²) in [6.07, 6.45) is 0.766. The van der Waals surface area contributed by atoms with Crippen molar-refractivity contribution < 1.29 is 14.5 Å². The molecule has 1 aliphatic heterocycles. The van der Waals surface area contributed by atoms with Gasteiger partial charge in [-0.1, -0.05) is 12.1 Å². The quantitative estimate of drug-likeness (QED) is 0.484. The number of rotatable bonds is 4. The molecule has 0 amide bonds. The molecule has 6 nitrogen and oxygen atoms in total. The number of likely N-dealkylation sites (N-methyl/N-ethyl adjacent to an activating group) is 1. The van der Waals surface area contributed by atoms with Crippen LogP contribution in [0.4, 0.5) is 5.69 Å². The van der Waals surface area contributed by atoms with Crippen LogP contribution in [-0.4, -0.2) is 36.0 Å². The van der Waals surface area contributed by atoms with Gasteiger partial charge in [0.2, 0.25) is 0 Å². The number of benzene rings is 2. The minimum Gasteiger partial charge on any atom is -0.462 e. The molecule has 0 aromatic heterocycles. The highest BCUT2D eigenvalue weighted by atomic mass is 16.6. The smallest absolute Gasteiger partial charge is 0.338 e. The van der Waals surface area contributed by atoms with Gasteiger partial charge < -0.3 is 9.64 Å². The average Bonchev–Trinajstić information content (AvgIpc) is 2.60. The van der Waals surface area contributed by atoms with Crippen molar-refractivity contribution in [3.8, 4) is 11.1 Å². The maximum absolute atomic E-state index is 11.8. The molecule has 6 heteroatoms. The van der Waals surface area contributed by atoms with Gasteiger partial charge in [0.05, 0.1) is 17.1 Å². The number of nitro groups is 1. The van der Waals surface area contributed by atoms with E-state index in [1.54, 1.807) is 25.1 Å². The Morgan fingerprint density at radius 2 is 1.92 bits per heavy atom. The molecule has 2 aromatic rings. The summed E-state index contributed by atoms with van der Waals surface area (Å²) in [6.45, 7) is 3.54. The fraction of sp³-hybridized carbons (Fsp3) is 0.316. The summed E-state index contributed by atoms with van der Waals surface area (Å²) in [4.78, 5) is 24.9. The highest BCUT2D eigenvalue weighted by Gasteiger charge is 2.25. The monoisotopic (exact) mass is 340 g/mol.